The first-order valence-corrected chi connectivity index (χ1v) is 14.7. The summed E-state index contributed by atoms with van der Waals surface area (Å²) in [7, 11) is 0. The van der Waals surface area contributed by atoms with Crippen LogP contribution in [0.5, 0.6) is 11.5 Å². The molecule has 2 rings (SSSR count). The standard InChI is InChI=1S/C17H24O4.C9H10O2.C8H15BrO2/c1-11-8-13(10-18)9-12(2)14(11)20-17(6,7)15(19)21-16(3,4)5;1-6-3-8(5-10)4-7(2)9(6)11;1-7(2,3)11-6(10)8(4,5)9/h8-10H,1-7H3;3-5,11H,1-2H3;1-5H3. The maximum atomic E-state index is 12.2. The van der Waals surface area contributed by atoms with E-state index >= 15 is 0 Å². The van der Waals surface area contributed by atoms with Crippen LogP contribution in [0.25, 0.3) is 0 Å². The van der Waals surface area contributed by atoms with Crippen LogP contribution in [0.4, 0.5) is 0 Å². The highest BCUT2D eigenvalue weighted by Gasteiger charge is 2.35. The lowest BCUT2D eigenvalue weighted by molar-refractivity contribution is -0.171. The van der Waals surface area contributed by atoms with Crippen LogP contribution in [0, 0.1) is 27.7 Å². The highest BCUT2D eigenvalue weighted by atomic mass is 79.9. The zero-order valence-electron chi connectivity index (χ0n) is 28.1. The third kappa shape index (κ3) is 14.7. The maximum Gasteiger partial charge on any atom is 0.350 e. The molecule has 9 heteroatoms. The second kappa shape index (κ2) is 15.5. The number of aldehydes is 2. The minimum atomic E-state index is -1.11. The van der Waals surface area contributed by atoms with Crippen molar-refractivity contribution in [2.45, 2.75) is 118 Å². The lowest BCUT2D eigenvalue weighted by Gasteiger charge is -2.30. The van der Waals surface area contributed by atoms with E-state index in [2.05, 4.69) is 15.9 Å². The largest absolute Gasteiger partial charge is 0.507 e. The van der Waals surface area contributed by atoms with Gasteiger partial charge in [-0.25, -0.2) is 4.79 Å². The molecule has 2 aromatic carbocycles. The molecule has 0 bridgehead atoms. The molecule has 2 aromatic rings. The van der Waals surface area contributed by atoms with Gasteiger partial charge in [0.2, 0.25) is 0 Å². The zero-order chi connectivity index (χ0) is 34.1. The summed E-state index contributed by atoms with van der Waals surface area (Å²) in [6.45, 7) is 25.1. The van der Waals surface area contributed by atoms with Gasteiger partial charge in [-0.15, -0.1) is 0 Å². The molecule has 0 heterocycles. The Labute approximate surface area is 265 Å². The summed E-state index contributed by atoms with van der Waals surface area (Å²) in [4.78, 5) is 44.6. The number of halogens is 1. The van der Waals surface area contributed by atoms with E-state index in [9.17, 15) is 24.3 Å². The number of aromatic hydroxyl groups is 1. The second-order valence-corrected chi connectivity index (χ2v) is 15.3. The molecule has 0 aliphatic carbocycles. The quantitative estimate of drug-likeness (QED) is 0.188. The summed E-state index contributed by atoms with van der Waals surface area (Å²) in [5.74, 6) is 0.227. The molecular weight excluding hydrogens is 616 g/mol. The van der Waals surface area contributed by atoms with E-state index in [1.165, 1.54) is 0 Å². The van der Waals surface area contributed by atoms with Crippen molar-refractivity contribution in [2.75, 3.05) is 0 Å². The van der Waals surface area contributed by atoms with Gasteiger partial charge in [-0.05, 0) is 143 Å². The maximum absolute atomic E-state index is 12.2. The fraction of sp³-hybridized carbons (Fsp3) is 0.529. The third-order valence-electron chi connectivity index (χ3n) is 5.40. The topological polar surface area (TPSA) is 116 Å². The van der Waals surface area contributed by atoms with Crippen LogP contribution in [0.1, 0.15) is 112 Å². The zero-order valence-corrected chi connectivity index (χ0v) is 29.7. The number of aryl methyl sites for hydroxylation is 4. The van der Waals surface area contributed by atoms with Crippen LogP contribution >= 0.6 is 15.9 Å². The monoisotopic (exact) mass is 664 g/mol. The number of phenols is 1. The fourth-order valence-electron chi connectivity index (χ4n) is 3.37. The number of hydrogen-bond donors (Lipinski definition) is 1. The van der Waals surface area contributed by atoms with E-state index < -0.39 is 27.1 Å². The normalized spacial score (nSPS) is 11.6. The minimum absolute atomic E-state index is 0.231. The van der Waals surface area contributed by atoms with Crippen LogP contribution in [-0.4, -0.2) is 50.7 Å². The Kier molecular flexibility index (Phi) is 14.3. The summed E-state index contributed by atoms with van der Waals surface area (Å²) in [5.41, 5.74) is 2.24. The highest BCUT2D eigenvalue weighted by Crippen LogP contribution is 2.29. The van der Waals surface area contributed by atoms with Gasteiger partial charge < -0.3 is 19.3 Å². The van der Waals surface area contributed by atoms with E-state index in [0.29, 0.717) is 16.9 Å². The van der Waals surface area contributed by atoms with Crippen molar-refractivity contribution in [3.05, 3.63) is 57.6 Å². The summed E-state index contributed by atoms with van der Waals surface area (Å²) < 4.78 is 15.8. The molecule has 0 fully saturated rings. The predicted octanol–water partition coefficient (Wildman–Crippen LogP) is 7.94. The molecule has 0 aromatic heterocycles. The van der Waals surface area contributed by atoms with E-state index in [0.717, 1.165) is 34.8 Å². The van der Waals surface area contributed by atoms with Gasteiger partial charge in [0.25, 0.3) is 0 Å². The molecule has 240 valence electrons. The number of alkyl halides is 1. The Hall–Kier alpha value is -3.20. The Bertz CT molecular complexity index is 1240. The molecule has 0 saturated heterocycles. The molecular formula is C34H49BrO8. The van der Waals surface area contributed by atoms with Gasteiger partial charge in [0.1, 0.15) is 39.6 Å². The van der Waals surface area contributed by atoms with Crippen molar-refractivity contribution >= 4 is 40.4 Å². The Morgan fingerprint density at radius 1 is 0.651 bits per heavy atom. The van der Waals surface area contributed by atoms with Crippen LogP contribution in [0.2, 0.25) is 0 Å². The lowest BCUT2D eigenvalue weighted by atomic mass is 10.0. The van der Waals surface area contributed by atoms with Crippen LogP contribution in [0.3, 0.4) is 0 Å². The number of ether oxygens (including phenoxy) is 3. The molecule has 0 saturated carbocycles. The van der Waals surface area contributed by atoms with Crippen LogP contribution in [0.15, 0.2) is 24.3 Å². The summed E-state index contributed by atoms with van der Waals surface area (Å²) in [6, 6.07) is 6.80. The first-order valence-electron chi connectivity index (χ1n) is 13.9. The molecule has 0 spiro atoms. The number of carbonyl (C=O) groups is 4. The first-order chi connectivity index (χ1) is 19.2. The van der Waals surface area contributed by atoms with Gasteiger partial charge in [-0.2, -0.15) is 0 Å². The smallest absolute Gasteiger partial charge is 0.350 e. The predicted molar refractivity (Wildman–Crippen MR) is 174 cm³/mol. The number of phenolic OH excluding ortho intramolecular Hbond substituents is 1. The summed E-state index contributed by atoms with van der Waals surface area (Å²) in [5, 5.41) is 9.31. The lowest BCUT2D eigenvalue weighted by Crippen LogP contribution is -2.43. The SMILES string of the molecule is CC(C)(C)OC(=O)C(C)(C)Br.Cc1cc(C=O)cc(C)c1O.Cc1cc(C=O)cc(C)c1OC(C)(C)C(=O)OC(C)(C)C. The van der Waals surface area contributed by atoms with Gasteiger partial charge in [0.15, 0.2) is 5.60 Å². The minimum Gasteiger partial charge on any atom is -0.507 e. The molecule has 8 nitrogen and oxygen atoms in total. The Morgan fingerprint density at radius 2 is 0.977 bits per heavy atom. The molecule has 0 aliphatic heterocycles. The average Bonchev–Trinajstić information content (AvgIpc) is 2.82. The van der Waals surface area contributed by atoms with Crippen LogP contribution < -0.4 is 4.74 Å². The summed E-state index contributed by atoms with van der Waals surface area (Å²) in [6.07, 6.45) is 1.57. The van der Waals surface area contributed by atoms with E-state index in [1.807, 2.05) is 55.4 Å². The van der Waals surface area contributed by atoms with Gasteiger partial charge in [-0.1, -0.05) is 15.9 Å². The molecule has 0 amide bonds. The number of carbonyl (C=O) groups excluding carboxylic acids is 4. The molecule has 0 atom stereocenters. The van der Waals surface area contributed by atoms with Crippen LogP contribution in [-0.2, 0) is 19.1 Å². The van der Waals surface area contributed by atoms with Crippen molar-refractivity contribution in [3.8, 4) is 11.5 Å². The first kappa shape index (κ1) is 39.8. The molecule has 0 unspecified atom stereocenters. The van der Waals surface area contributed by atoms with Crippen molar-refractivity contribution in [1.82, 2.24) is 0 Å². The average molecular weight is 666 g/mol. The molecule has 43 heavy (non-hydrogen) atoms. The number of hydrogen-bond acceptors (Lipinski definition) is 8. The second-order valence-electron chi connectivity index (χ2n) is 13.3. The van der Waals surface area contributed by atoms with Crippen molar-refractivity contribution in [2.24, 2.45) is 0 Å². The van der Waals surface area contributed by atoms with Gasteiger partial charge in [0.05, 0.1) is 0 Å². The van der Waals surface area contributed by atoms with Gasteiger partial charge >= 0.3 is 11.9 Å². The fourth-order valence-corrected chi connectivity index (χ4v) is 3.45. The Balaban J connectivity index is 0.000000677. The number of esters is 2. The van der Waals surface area contributed by atoms with Gasteiger partial charge in [-0.3, -0.25) is 14.4 Å². The number of benzene rings is 2. The van der Waals surface area contributed by atoms with E-state index in [4.69, 9.17) is 14.2 Å². The van der Waals surface area contributed by atoms with Crippen molar-refractivity contribution < 1.29 is 38.5 Å². The molecule has 0 aliphatic rings. The van der Waals surface area contributed by atoms with Gasteiger partial charge in [0, 0.05) is 11.1 Å². The highest BCUT2D eigenvalue weighted by molar-refractivity contribution is 9.10. The molecule has 1 N–H and O–H groups in total. The van der Waals surface area contributed by atoms with E-state index in [-0.39, 0.29) is 11.7 Å². The molecule has 0 radical (unpaired) electrons. The van der Waals surface area contributed by atoms with Crippen molar-refractivity contribution in [1.29, 1.82) is 0 Å². The number of rotatable bonds is 6. The van der Waals surface area contributed by atoms with E-state index in [1.54, 1.807) is 65.8 Å². The Morgan fingerprint density at radius 3 is 1.26 bits per heavy atom. The summed E-state index contributed by atoms with van der Waals surface area (Å²) >= 11 is 3.22. The van der Waals surface area contributed by atoms with Crippen molar-refractivity contribution in [3.63, 3.8) is 0 Å². The third-order valence-corrected chi connectivity index (χ3v) is 5.72.